The van der Waals surface area contributed by atoms with Crippen LogP contribution in [0.25, 0.3) is 10.9 Å². The van der Waals surface area contributed by atoms with Crippen LogP contribution in [0.3, 0.4) is 0 Å². The van der Waals surface area contributed by atoms with Crippen LogP contribution in [0, 0.1) is 0 Å². The smallest absolute Gasteiger partial charge is 0.101 e. The fourth-order valence-corrected chi connectivity index (χ4v) is 0.995. The summed E-state index contributed by atoms with van der Waals surface area (Å²) in [6.07, 6.45) is 3.51. The Balaban J connectivity index is 2.88. The van der Waals surface area contributed by atoms with Crippen LogP contribution in [0.1, 0.15) is 0 Å². The Labute approximate surface area is 57.9 Å². The Morgan fingerprint density at radius 1 is 1.50 bits per heavy atom. The quantitative estimate of drug-likeness (QED) is 0.566. The highest BCUT2D eigenvalue weighted by molar-refractivity contribution is 5.82. The van der Waals surface area contributed by atoms with Gasteiger partial charge in [0.2, 0.25) is 0 Å². The van der Waals surface area contributed by atoms with Crippen molar-refractivity contribution in [1.82, 2.24) is 9.97 Å². The molecule has 0 saturated heterocycles. The molecule has 50 valence electrons. The number of nitrogens with one attached hydrogen (secondary N) is 1. The third-order valence-corrected chi connectivity index (χ3v) is 1.44. The van der Waals surface area contributed by atoms with E-state index in [4.69, 9.17) is 5.73 Å². The van der Waals surface area contributed by atoms with Gasteiger partial charge >= 0.3 is 0 Å². The van der Waals surface area contributed by atoms with Gasteiger partial charge in [-0.2, -0.15) is 0 Å². The van der Waals surface area contributed by atoms with Crippen LogP contribution in [0.5, 0.6) is 0 Å². The largest absolute Gasteiger partial charge is 0.385 e. The number of nitrogens with zero attached hydrogens (tertiary/aromatic N) is 1. The maximum absolute atomic E-state index is 5.51. The normalized spacial score (nSPS) is 10.4. The number of hydrogen-bond acceptors (Lipinski definition) is 2. The van der Waals surface area contributed by atoms with Gasteiger partial charge in [-0.1, -0.05) is 0 Å². The fourth-order valence-electron chi connectivity index (χ4n) is 0.995. The van der Waals surface area contributed by atoms with Crippen molar-refractivity contribution in [3.63, 3.8) is 0 Å². The first-order valence-corrected chi connectivity index (χ1v) is 3.04. The van der Waals surface area contributed by atoms with Crippen LogP contribution >= 0.6 is 0 Å². The summed E-state index contributed by atoms with van der Waals surface area (Å²) in [4.78, 5) is 6.95. The van der Waals surface area contributed by atoms with Gasteiger partial charge in [-0.25, -0.2) is 0 Å². The lowest BCUT2D eigenvalue weighted by molar-refractivity contribution is 1.36. The first-order valence-electron chi connectivity index (χ1n) is 3.04. The molecule has 2 aromatic rings. The van der Waals surface area contributed by atoms with E-state index in [9.17, 15) is 0 Å². The van der Waals surface area contributed by atoms with Gasteiger partial charge in [-0.05, 0) is 12.1 Å². The van der Waals surface area contributed by atoms with Crippen LogP contribution in [0.4, 0.5) is 5.82 Å². The monoisotopic (exact) mass is 133 g/mol. The van der Waals surface area contributed by atoms with Crippen molar-refractivity contribution in [3.8, 4) is 0 Å². The second-order valence-electron chi connectivity index (χ2n) is 2.19. The summed E-state index contributed by atoms with van der Waals surface area (Å²) in [6, 6.07) is 3.76. The van der Waals surface area contributed by atoms with E-state index >= 15 is 0 Å². The molecule has 0 spiro atoms. The summed E-state index contributed by atoms with van der Waals surface area (Å²) in [5.41, 5.74) is 6.54. The number of nitrogens with two attached hydrogens (primary N) is 1. The SMILES string of the molecule is Nc1cc2cnccc2[nH]1. The maximum Gasteiger partial charge on any atom is 0.101 e. The number of hydrogen-bond donors (Lipinski definition) is 2. The number of rotatable bonds is 0. The molecule has 0 aliphatic rings. The molecular weight excluding hydrogens is 126 g/mol. The molecule has 0 aromatic carbocycles. The second-order valence-corrected chi connectivity index (χ2v) is 2.19. The molecule has 0 unspecified atom stereocenters. The van der Waals surface area contributed by atoms with Gasteiger partial charge < -0.3 is 10.7 Å². The zero-order valence-electron chi connectivity index (χ0n) is 5.33. The number of pyridine rings is 1. The van der Waals surface area contributed by atoms with Crippen molar-refractivity contribution in [2.45, 2.75) is 0 Å². The highest BCUT2D eigenvalue weighted by atomic mass is 14.8. The zero-order chi connectivity index (χ0) is 6.97. The Hall–Kier alpha value is -1.51. The minimum Gasteiger partial charge on any atom is -0.385 e. The molecule has 0 bridgehead atoms. The Kier molecular flexibility index (Phi) is 0.917. The van der Waals surface area contributed by atoms with Gasteiger partial charge in [0.15, 0.2) is 0 Å². The lowest BCUT2D eigenvalue weighted by Crippen LogP contribution is -1.80. The van der Waals surface area contributed by atoms with E-state index in [0.29, 0.717) is 5.82 Å². The molecular formula is C7H7N3. The zero-order valence-corrected chi connectivity index (χ0v) is 5.33. The van der Waals surface area contributed by atoms with E-state index < -0.39 is 0 Å². The molecule has 0 amide bonds. The molecule has 0 fully saturated rings. The highest BCUT2D eigenvalue weighted by Crippen LogP contribution is 2.13. The van der Waals surface area contributed by atoms with Crippen molar-refractivity contribution in [2.75, 3.05) is 5.73 Å². The predicted molar refractivity (Wildman–Crippen MR) is 40.5 cm³/mol. The number of aromatic nitrogens is 2. The standard InChI is InChI=1S/C7H7N3/c8-7-3-5-4-9-2-1-6(5)10-7/h1-4,10H,8H2. The van der Waals surface area contributed by atoms with E-state index in [1.807, 2.05) is 12.1 Å². The van der Waals surface area contributed by atoms with Gasteiger partial charge in [0.25, 0.3) is 0 Å². The van der Waals surface area contributed by atoms with E-state index in [0.717, 1.165) is 10.9 Å². The molecule has 3 heteroatoms. The van der Waals surface area contributed by atoms with Crippen LogP contribution < -0.4 is 5.73 Å². The molecule has 2 rings (SSSR count). The summed E-state index contributed by atoms with van der Waals surface area (Å²) in [5.74, 6) is 0.683. The van der Waals surface area contributed by atoms with Crippen molar-refractivity contribution in [3.05, 3.63) is 24.5 Å². The molecule has 10 heavy (non-hydrogen) atoms. The number of fused-ring (bicyclic) bond motifs is 1. The van der Waals surface area contributed by atoms with Gasteiger partial charge in [-0.15, -0.1) is 0 Å². The van der Waals surface area contributed by atoms with Crippen LogP contribution in [-0.2, 0) is 0 Å². The minimum atomic E-state index is 0.683. The summed E-state index contributed by atoms with van der Waals surface area (Å²) in [5, 5.41) is 1.06. The average Bonchev–Trinajstić information content (AvgIpc) is 2.27. The highest BCUT2D eigenvalue weighted by Gasteiger charge is 1.93. The average molecular weight is 133 g/mol. The molecule has 0 aliphatic heterocycles. The van der Waals surface area contributed by atoms with Crippen molar-refractivity contribution < 1.29 is 0 Å². The van der Waals surface area contributed by atoms with Gasteiger partial charge in [-0.3, -0.25) is 4.98 Å². The summed E-state index contributed by atoms with van der Waals surface area (Å²) < 4.78 is 0. The minimum absolute atomic E-state index is 0.683. The molecule has 0 saturated carbocycles. The Bertz CT molecular complexity index is 317. The number of nitrogen functional groups attached to an aromatic ring is 1. The molecule has 0 radical (unpaired) electrons. The number of H-pyrrole nitrogens is 1. The van der Waals surface area contributed by atoms with Crippen LogP contribution in [0.2, 0.25) is 0 Å². The first kappa shape index (κ1) is 5.29. The molecule has 2 aromatic heterocycles. The molecule has 2 heterocycles. The second kappa shape index (κ2) is 1.73. The molecule has 3 nitrogen and oxygen atoms in total. The fraction of sp³-hybridized carbons (Fsp3) is 0. The third-order valence-electron chi connectivity index (χ3n) is 1.44. The van der Waals surface area contributed by atoms with Crippen LogP contribution in [-0.4, -0.2) is 9.97 Å². The number of anilines is 1. The van der Waals surface area contributed by atoms with Crippen molar-refractivity contribution in [1.29, 1.82) is 0 Å². The molecule has 3 N–H and O–H groups in total. The first-order chi connectivity index (χ1) is 4.86. The Morgan fingerprint density at radius 2 is 2.40 bits per heavy atom. The number of aromatic amines is 1. The van der Waals surface area contributed by atoms with E-state index in [2.05, 4.69) is 9.97 Å². The molecule has 0 atom stereocenters. The summed E-state index contributed by atoms with van der Waals surface area (Å²) >= 11 is 0. The molecule has 0 aliphatic carbocycles. The van der Waals surface area contributed by atoms with E-state index in [1.54, 1.807) is 12.4 Å². The van der Waals surface area contributed by atoms with Gasteiger partial charge in [0.05, 0.1) is 5.52 Å². The van der Waals surface area contributed by atoms with Crippen molar-refractivity contribution in [2.24, 2.45) is 0 Å². The van der Waals surface area contributed by atoms with Gasteiger partial charge in [0, 0.05) is 17.8 Å². The lowest BCUT2D eigenvalue weighted by Gasteiger charge is -1.82. The van der Waals surface area contributed by atoms with Crippen molar-refractivity contribution >= 4 is 16.7 Å². The Morgan fingerprint density at radius 3 is 3.20 bits per heavy atom. The topological polar surface area (TPSA) is 54.7 Å². The van der Waals surface area contributed by atoms with Gasteiger partial charge in [0.1, 0.15) is 5.82 Å². The summed E-state index contributed by atoms with van der Waals surface area (Å²) in [7, 11) is 0. The van der Waals surface area contributed by atoms with E-state index in [-0.39, 0.29) is 0 Å². The van der Waals surface area contributed by atoms with Crippen LogP contribution in [0.15, 0.2) is 24.5 Å². The maximum atomic E-state index is 5.51. The predicted octanol–water partition coefficient (Wildman–Crippen LogP) is 1.15. The lowest BCUT2D eigenvalue weighted by atomic mass is 10.3. The van der Waals surface area contributed by atoms with E-state index in [1.165, 1.54) is 0 Å². The summed E-state index contributed by atoms with van der Waals surface area (Å²) in [6.45, 7) is 0. The third kappa shape index (κ3) is 0.639.